The predicted octanol–water partition coefficient (Wildman–Crippen LogP) is 1.39. The van der Waals surface area contributed by atoms with Crippen LogP contribution in [0.1, 0.15) is 18.4 Å². The number of carbonyl (C=O) groups is 1. The summed E-state index contributed by atoms with van der Waals surface area (Å²) in [5.74, 6) is -0.644. The Balaban J connectivity index is 2.11. The van der Waals surface area contributed by atoms with Crippen LogP contribution >= 0.6 is 0 Å². The largest absolute Gasteiger partial charge is 0.374 e. The summed E-state index contributed by atoms with van der Waals surface area (Å²) in [4.78, 5) is 11.5. The first-order chi connectivity index (χ1) is 8.20. The Morgan fingerprint density at radius 1 is 1.53 bits per heavy atom. The molecule has 1 heterocycles. The van der Waals surface area contributed by atoms with Crippen molar-refractivity contribution < 1.29 is 9.18 Å². The van der Waals surface area contributed by atoms with Crippen LogP contribution in [0.4, 0.5) is 10.1 Å². The van der Waals surface area contributed by atoms with Crippen molar-refractivity contribution in [1.82, 2.24) is 5.32 Å². The number of amides is 1. The topological polar surface area (TPSA) is 64.9 Å². The van der Waals surface area contributed by atoms with Crippen LogP contribution in [0.15, 0.2) is 18.2 Å². The number of rotatable bonds is 2. The van der Waals surface area contributed by atoms with Crippen molar-refractivity contribution in [3.05, 3.63) is 29.6 Å². The lowest BCUT2D eigenvalue weighted by Crippen LogP contribution is -2.44. The highest BCUT2D eigenvalue weighted by Gasteiger charge is 2.21. The molecular weight excluding hydrogens is 221 g/mol. The van der Waals surface area contributed by atoms with E-state index in [0.29, 0.717) is 12.2 Å². The number of hydrogen-bond donors (Lipinski definition) is 2. The zero-order valence-electron chi connectivity index (χ0n) is 9.16. The van der Waals surface area contributed by atoms with Gasteiger partial charge in [-0.2, -0.15) is 5.26 Å². The summed E-state index contributed by atoms with van der Waals surface area (Å²) in [7, 11) is 0. The second-order valence-electron chi connectivity index (χ2n) is 3.94. The van der Waals surface area contributed by atoms with Crippen molar-refractivity contribution >= 4 is 11.6 Å². The van der Waals surface area contributed by atoms with E-state index >= 15 is 0 Å². The van der Waals surface area contributed by atoms with E-state index in [2.05, 4.69) is 10.6 Å². The zero-order valence-corrected chi connectivity index (χ0v) is 9.16. The molecule has 1 atom stereocenters. The molecule has 0 radical (unpaired) electrons. The number of nitrogens with zero attached hydrogens (tertiary/aromatic N) is 1. The van der Waals surface area contributed by atoms with Gasteiger partial charge in [0.2, 0.25) is 5.91 Å². The van der Waals surface area contributed by atoms with Crippen LogP contribution in [0.3, 0.4) is 0 Å². The molecule has 2 rings (SSSR count). The summed E-state index contributed by atoms with van der Waals surface area (Å²) in [6.07, 6.45) is 1.63. The summed E-state index contributed by atoms with van der Waals surface area (Å²) >= 11 is 0. The maximum Gasteiger partial charge on any atom is 0.242 e. The van der Waals surface area contributed by atoms with E-state index in [1.54, 1.807) is 12.1 Å². The molecule has 17 heavy (non-hydrogen) atoms. The van der Waals surface area contributed by atoms with Gasteiger partial charge >= 0.3 is 0 Å². The van der Waals surface area contributed by atoms with Crippen LogP contribution in [0.25, 0.3) is 0 Å². The van der Waals surface area contributed by atoms with E-state index in [1.807, 2.05) is 0 Å². The van der Waals surface area contributed by atoms with Crippen LogP contribution in [-0.4, -0.2) is 18.5 Å². The molecule has 0 spiro atoms. The SMILES string of the molecule is N#Cc1ccc(NC2CCCNC2=O)cc1F. The Hall–Kier alpha value is -2.09. The number of hydrogen-bond acceptors (Lipinski definition) is 3. The van der Waals surface area contributed by atoms with Crippen molar-refractivity contribution in [2.45, 2.75) is 18.9 Å². The normalized spacial score (nSPS) is 19.3. The van der Waals surface area contributed by atoms with Gasteiger partial charge in [0.15, 0.2) is 0 Å². The van der Waals surface area contributed by atoms with Crippen LogP contribution < -0.4 is 10.6 Å². The molecule has 2 N–H and O–H groups in total. The number of benzene rings is 1. The van der Waals surface area contributed by atoms with E-state index in [4.69, 9.17) is 5.26 Å². The summed E-state index contributed by atoms with van der Waals surface area (Å²) in [6, 6.07) is 5.67. The number of anilines is 1. The molecule has 1 aromatic carbocycles. The lowest BCUT2D eigenvalue weighted by atomic mass is 10.1. The molecular formula is C12H12FN3O. The third-order valence-corrected chi connectivity index (χ3v) is 2.72. The Morgan fingerprint density at radius 2 is 2.35 bits per heavy atom. The van der Waals surface area contributed by atoms with Gasteiger partial charge in [-0.05, 0) is 31.0 Å². The van der Waals surface area contributed by atoms with Gasteiger partial charge < -0.3 is 10.6 Å². The van der Waals surface area contributed by atoms with Crippen molar-refractivity contribution in [1.29, 1.82) is 5.26 Å². The minimum atomic E-state index is -0.575. The summed E-state index contributed by atoms with van der Waals surface area (Å²) in [5.41, 5.74) is 0.521. The molecule has 1 aliphatic rings. The number of piperidine rings is 1. The highest BCUT2D eigenvalue weighted by Crippen LogP contribution is 2.16. The standard InChI is InChI=1S/C12H12FN3O/c13-10-6-9(4-3-8(10)7-14)16-11-2-1-5-15-12(11)17/h3-4,6,11,16H,1-2,5H2,(H,15,17). The molecule has 1 aromatic rings. The first-order valence-corrected chi connectivity index (χ1v) is 5.44. The van der Waals surface area contributed by atoms with Gasteiger partial charge in [0.05, 0.1) is 5.56 Å². The molecule has 1 aliphatic heterocycles. The maximum atomic E-state index is 13.3. The van der Waals surface area contributed by atoms with Gasteiger partial charge in [-0.3, -0.25) is 4.79 Å². The van der Waals surface area contributed by atoms with Gasteiger partial charge in [0, 0.05) is 12.2 Å². The second-order valence-corrected chi connectivity index (χ2v) is 3.94. The number of nitriles is 1. The fourth-order valence-corrected chi connectivity index (χ4v) is 1.81. The number of halogens is 1. The maximum absolute atomic E-state index is 13.3. The Bertz CT molecular complexity index is 481. The van der Waals surface area contributed by atoms with Crippen molar-refractivity contribution in [3.63, 3.8) is 0 Å². The average molecular weight is 233 g/mol. The molecule has 5 heteroatoms. The predicted molar refractivity (Wildman–Crippen MR) is 60.8 cm³/mol. The van der Waals surface area contributed by atoms with E-state index in [9.17, 15) is 9.18 Å². The Kier molecular flexibility index (Phi) is 3.24. The minimum Gasteiger partial charge on any atom is -0.374 e. The fourth-order valence-electron chi connectivity index (χ4n) is 1.81. The lowest BCUT2D eigenvalue weighted by molar-refractivity contribution is -0.123. The molecule has 0 aromatic heterocycles. The Morgan fingerprint density at radius 3 is 3.00 bits per heavy atom. The highest BCUT2D eigenvalue weighted by molar-refractivity contribution is 5.85. The monoisotopic (exact) mass is 233 g/mol. The van der Waals surface area contributed by atoms with Gasteiger partial charge in [0.1, 0.15) is 17.9 Å². The van der Waals surface area contributed by atoms with Crippen LogP contribution in [0, 0.1) is 17.1 Å². The molecule has 0 bridgehead atoms. The number of nitrogens with one attached hydrogen (secondary N) is 2. The molecule has 0 aliphatic carbocycles. The first-order valence-electron chi connectivity index (χ1n) is 5.44. The van der Waals surface area contributed by atoms with E-state index in [0.717, 1.165) is 12.8 Å². The molecule has 1 saturated heterocycles. The summed E-state index contributed by atoms with van der Waals surface area (Å²) < 4.78 is 13.3. The van der Waals surface area contributed by atoms with Crippen LogP contribution in [0.2, 0.25) is 0 Å². The molecule has 1 fully saturated rings. The van der Waals surface area contributed by atoms with E-state index in [-0.39, 0.29) is 17.5 Å². The van der Waals surface area contributed by atoms with Crippen molar-refractivity contribution in [3.8, 4) is 6.07 Å². The molecule has 88 valence electrons. The zero-order chi connectivity index (χ0) is 12.3. The highest BCUT2D eigenvalue weighted by atomic mass is 19.1. The van der Waals surface area contributed by atoms with Crippen molar-refractivity contribution in [2.75, 3.05) is 11.9 Å². The smallest absolute Gasteiger partial charge is 0.242 e. The molecule has 1 amide bonds. The fraction of sp³-hybridized carbons (Fsp3) is 0.333. The summed E-state index contributed by atoms with van der Waals surface area (Å²) in [6.45, 7) is 0.693. The van der Waals surface area contributed by atoms with Gasteiger partial charge in [0.25, 0.3) is 0 Å². The van der Waals surface area contributed by atoms with Crippen LogP contribution in [0.5, 0.6) is 0 Å². The second kappa shape index (κ2) is 4.83. The molecule has 4 nitrogen and oxygen atoms in total. The first kappa shape index (κ1) is 11.4. The summed E-state index contributed by atoms with van der Waals surface area (Å²) in [5, 5.41) is 14.3. The van der Waals surface area contributed by atoms with Crippen molar-refractivity contribution in [2.24, 2.45) is 0 Å². The third-order valence-electron chi connectivity index (χ3n) is 2.72. The molecule has 0 saturated carbocycles. The average Bonchev–Trinajstić information content (AvgIpc) is 2.32. The van der Waals surface area contributed by atoms with E-state index in [1.165, 1.54) is 12.1 Å². The molecule has 1 unspecified atom stereocenters. The number of carbonyl (C=O) groups excluding carboxylic acids is 1. The minimum absolute atomic E-state index is 0.00338. The van der Waals surface area contributed by atoms with Gasteiger partial charge in [-0.1, -0.05) is 0 Å². The van der Waals surface area contributed by atoms with Crippen LogP contribution in [-0.2, 0) is 4.79 Å². The van der Waals surface area contributed by atoms with E-state index < -0.39 is 5.82 Å². The third kappa shape index (κ3) is 2.53. The van der Waals surface area contributed by atoms with Gasteiger partial charge in [-0.25, -0.2) is 4.39 Å². The lowest BCUT2D eigenvalue weighted by Gasteiger charge is -2.23. The Labute approximate surface area is 98.4 Å². The van der Waals surface area contributed by atoms with Gasteiger partial charge in [-0.15, -0.1) is 0 Å². The quantitative estimate of drug-likeness (QED) is 0.811.